The minimum Gasteiger partial charge on any atom is -0.481 e. The number of Topliss-reactive ketones (excluding diaryl/α,β-unsaturated/α-hetero) is 1. The third-order valence-corrected chi connectivity index (χ3v) is 7.60. The number of ketones is 1. The fourth-order valence-electron chi connectivity index (χ4n) is 5.46. The molecule has 0 spiro atoms. The van der Waals surface area contributed by atoms with Crippen LogP contribution in [0.5, 0.6) is 6.01 Å². The Labute approximate surface area is 230 Å². The minimum atomic E-state index is -1.03. The highest BCUT2D eigenvalue weighted by atomic mass is 35.5. The molecule has 39 heavy (non-hydrogen) atoms. The average molecular weight is 546 g/mol. The van der Waals surface area contributed by atoms with Gasteiger partial charge >= 0.3 is 12.0 Å². The van der Waals surface area contributed by atoms with Crippen LogP contribution in [0.15, 0.2) is 48.7 Å². The Hall–Kier alpha value is -3.98. The largest absolute Gasteiger partial charge is 0.481 e. The number of rotatable bonds is 8. The zero-order chi connectivity index (χ0) is 26.9. The van der Waals surface area contributed by atoms with Gasteiger partial charge in [-0.1, -0.05) is 29.8 Å². The number of aromatic nitrogens is 4. The van der Waals surface area contributed by atoms with Gasteiger partial charge in [0.05, 0.1) is 11.9 Å². The first-order chi connectivity index (χ1) is 19.0. The number of aryl methyl sites for hydroxylation is 1. The van der Waals surface area contributed by atoms with Gasteiger partial charge in [0, 0.05) is 40.8 Å². The van der Waals surface area contributed by atoms with Crippen LogP contribution in [0.1, 0.15) is 60.9 Å². The lowest BCUT2D eigenvalue weighted by molar-refractivity contribution is -0.136. The summed E-state index contributed by atoms with van der Waals surface area (Å²) in [6.07, 6.45) is 7.42. The SMILES string of the molecule is O=C(O)CCC(=O)c1cn(-c2nc(OC3CCCC3)nc(N3CCCc4ccccc43)n2)c2ccc(Cl)cc12. The molecule has 3 heterocycles. The molecule has 200 valence electrons. The van der Waals surface area contributed by atoms with E-state index in [9.17, 15) is 9.59 Å². The maximum atomic E-state index is 13.1. The fraction of sp³-hybridized carbons (Fsp3) is 0.345. The molecule has 2 aromatic carbocycles. The summed E-state index contributed by atoms with van der Waals surface area (Å²) in [6, 6.07) is 13.7. The van der Waals surface area contributed by atoms with E-state index in [1.54, 1.807) is 22.9 Å². The zero-order valence-electron chi connectivity index (χ0n) is 21.3. The van der Waals surface area contributed by atoms with E-state index in [0.29, 0.717) is 33.4 Å². The number of benzene rings is 2. The first-order valence-corrected chi connectivity index (χ1v) is 13.7. The molecule has 1 aliphatic heterocycles. The number of carbonyl (C=O) groups excluding carboxylic acids is 1. The molecule has 1 saturated carbocycles. The number of nitrogens with zero attached hydrogens (tertiary/aromatic N) is 5. The quantitative estimate of drug-likeness (QED) is 0.271. The molecule has 0 unspecified atom stereocenters. The van der Waals surface area contributed by atoms with Crippen molar-refractivity contribution in [3.8, 4) is 12.0 Å². The number of hydrogen-bond donors (Lipinski definition) is 1. The molecule has 0 bridgehead atoms. The number of carbonyl (C=O) groups is 2. The van der Waals surface area contributed by atoms with Crippen LogP contribution in [0.4, 0.5) is 11.6 Å². The lowest BCUT2D eigenvalue weighted by Crippen LogP contribution is -2.27. The van der Waals surface area contributed by atoms with Crippen LogP contribution in [0.2, 0.25) is 5.02 Å². The summed E-state index contributed by atoms with van der Waals surface area (Å²) < 4.78 is 7.99. The van der Waals surface area contributed by atoms with Crippen molar-refractivity contribution in [2.24, 2.45) is 0 Å². The summed E-state index contributed by atoms with van der Waals surface area (Å²) in [7, 11) is 0. The molecule has 9 nitrogen and oxygen atoms in total. The average Bonchev–Trinajstić information content (AvgIpc) is 3.59. The second kappa shape index (κ2) is 10.6. The maximum absolute atomic E-state index is 13.1. The van der Waals surface area contributed by atoms with E-state index >= 15 is 0 Å². The van der Waals surface area contributed by atoms with E-state index in [-0.39, 0.29) is 30.7 Å². The summed E-state index contributed by atoms with van der Waals surface area (Å²) in [5.41, 5.74) is 3.34. The predicted molar refractivity (Wildman–Crippen MR) is 148 cm³/mol. The molecule has 10 heteroatoms. The van der Waals surface area contributed by atoms with Crippen LogP contribution in [-0.4, -0.2) is 49.0 Å². The number of carboxylic acid groups (broad SMARTS) is 1. The van der Waals surface area contributed by atoms with Gasteiger partial charge < -0.3 is 14.7 Å². The number of aliphatic carboxylic acids is 1. The Kier molecular flexibility index (Phi) is 6.91. The minimum absolute atomic E-state index is 0.0510. The van der Waals surface area contributed by atoms with Gasteiger partial charge in [0.25, 0.3) is 0 Å². The van der Waals surface area contributed by atoms with Crippen molar-refractivity contribution in [3.05, 3.63) is 64.8 Å². The van der Waals surface area contributed by atoms with E-state index in [1.165, 1.54) is 5.56 Å². The standard InChI is InChI=1S/C29H28ClN5O4/c30-19-11-12-24-21(16-19)22(25(36)13-14-26(37)38)17-35(24)28-31-27(32-29(33-28)39-20-8-2-3-9-20)34-15-5-7-18-6-1-4-10-23(18)34/h1,4,6,10-12,16-17,20H,2-3,5,7-9,13-15H2,(H,37,38). The number of anilines is 2. The van der Waals surface area contributed by atoms with E-state index < -0.39 is 5.97 Å². The molecule has 4 aromatic rings. The molecular formula is C29H28ClN5O4. The second-order valence-electron chi connectivity index (χ2n) is 10.0. The molecule has 1 fully saturated rings. The smallest absolute Gasteiger partial charge is 0.323 e. The van der Waals surface area contributed by atoms with Gasteiger partial charge in [0.1, 0.15) is 6.10 Å². The maximum Gasteiger partial charge on any atom is 0.323 e. The first-order valence-electron chi connectivity index (χ1n) is 13.3. The van der Waals surface area contributed by atoms with E-state index in [0.717, 1.165) is 50.8 Å². The van der Waals surface area contributed by atoms with Crippen molar-refractivity contribution in [3.63, 3.8) is 0 Å². The van der Waals surface area contributed by atoms with Crippen LogP contribution < -0.4 is 9.64 Å². The predicted octanol–water partition coefficient (Wildman–Crippen LogP) is 5.92. The normalized spacial score (nSPS) is 15.5. The van der Waals surface area contributed by atoms with Gasteiger partial charge in [-0.2, -0.15) is 15.0 Å². The fourth-order valence-corrected chi connectivity index (χ4v) is 5.63. The molecule has 0 amide bonds. The molecule has 6 rings (SSSR count). The molecule has 2 aromatic heterocycles. The van der Waals surface area contributed by atoms with Crippen LogP contribution in [0.25, 0.3) is 16.9 Å². The lowest BCUT2D eigenvalue weighted by Gasteiger charge is -2.29. The molecule has 0 radical (unpaired) electrons. The summed E-state index contributed by atoms with van der Waals surface area (Å²) in [6.45, 7) is 0.754. The molecule has 1 N–H and O–H groups in total. The number of fused-ring (bicyclic) bond motifs is 2. The van der Waals surface area contributed by atoms with Crippen LogP contribution in [0.3, 0.4) is 0 Å². The summed E-state index contributed by atoms with van der Waals surface area (Å²) in [5.74, 6) is -0.511. The summed E-state index contributed by atoms with van der Waals surface area (Å²) in [4.78, 5) is 40.6. The van der Waals surface area contributed by atoms with Crippen molar-refractivity contribution in [1.29, 1.82) is 0 Å². The monoisotopic (exact) mass is 545 g/mol. The Bertz CT molecular complexity index is 1560. The van der Waals surface area contributed by atoms with E-state index in [1.807, 2.05) is 18.2 Å². The van der Waals surface area contributed by atoms with Crippen molar-refractivity contribution >= 4 is 45.9 Å². The molecular weight excluding hydrogens is 518 g/mol. The summed E-state index contributed by atoms with van der Waals surface area (Å²) in [5, 5.41) is 10.2. The van der Waals surface area contributed by atoms with Crippen molar-refractivity contribution in [2.75, 3.05) is 11.4 Å². The number of halogens is 1. The van der Waals surface area contributed by atoms with Gasteiger partial charge in [-0.3, -0.25) is 14.2 Å². The second-order valence-corrected chi connectivity index (χ2v) is 10.5. The van der Waals surface area contributed by atoms with Gasteiger partial charge in [0.2, 0.25) is 11.9 Å². The Balaban J connectivity index is 1.48. The number of hydrogen-bond acceptors (Lipinski definition) is 7. The zero-order valence-corrected chi connectivity index (χ0v) is 22.1. The third kappa shape index (κ3) is 5.18. The number of carboxylic acids is 1. The first kappa shape index (κ1) is 25.3. The molecule has 0 saturated heterocycles. The number of para-hydroxylation sites is 1. The van der Waals surface area contributed by atoms with Gasteiger partial charge in [-0.15, -0.1) is 0 Å². The Morgan fingerprint density at radius 1 is 1.00 bits per heavy atom. The van der Waals surface area contributed by atoms with Crippen molar-refractivity contribution in [2.45, 2.75) is 57.5 Å². The highest BCUT2D eigenvalue weighted by molar-refractivity contribution is 6.31. The van der Waals surface area contributed by atoms with E-state index in [2.05, 4.69) is 17.0 Å². The topological polar surface area (TPSA) is 110 Å². The molecule has 1 aliphatic carbocycles. The van der Waals surface area contributed by atoms with E-state index in [4.69, 9.17) is 36.4 Å². The molecule has 0 atom stereocenters. The van der Waals surface area contributed by atoms with Gasteiger partial charge in [0.15, 0.2) is 5.78 Å². The highest BCUT2D eigenvalue weighted by Gasteiger charge is 2.26. The van der Waals surface area contributed by atoms with Crippen LogP contribution >= 0.6 is 11.6 Å². The number of ether oxygens (including phenoxy) is 1. The van der Waals surface area contributed by atoms with Gasteiger partial charge in [-0.25, -0.2) is 0 Å². The third-order valence-electron chi connectivity index (χ3n) is 7.37. The van der Waals surface area contributed by atoms with Crippen molar-refractivity contribution < 1.29 is 19.4 Å². The van der Waals surface area contributed by atoms with Crippen LogP contribution in [-0.2, 0) is 11.2 Å². The summed E-state index contributed by atoms with van der Waals surface area (Å²) >= 11 is 6.29. The molecule has 2 aliphatic rings. The van der Waals surface area contributed by atoms with Crippen molar-refractivity contribution in [1.82, 2.24) is 19.5 Å². The van der Waals surface area contributed by atoms with Gasteiger partial charge in [-0.05, 0) is 68.4 Å². The highest BCUT2D eigenvalue weighted by Crippen LogP contribution is 2.34. The Morgan fingerprint density at radius 2 is 1.79 bits per heavy atom. The Morgan fingerprint density at radius 3 is 2.62 bits per heavy atom. The lowest BCUT2D eigenvalue weighted by atomic mass is 10.0. The van der Waals surface area contributed by atoms with Crippen LogP contribution in [0, 0.1) is 0 Å².